The van der Waals surface area contributed by atoms with Crippen molar-refractivity contribution in [2.24, 2.45) is 0 Å². The van der Waals surface area contributed by atoms with E-state index >= 15 is 0 Å². The second-order valence-corrected chi connectivity index (χ2v) is 8.29. The summed E-state index contributed by atoms with van der Waals surface area (Å²) in [7, 11) is 0. The van der Waals surface area contributed by atoms with E-state index in [0.717, 1.165) is 16.0 Å². The number of phenols is 1. The summed E-state index contributed by atoms with van der Waals surface area (Å²) in [5.74, 6) is -0.982. The van der Waals surface area contributed by atoms with Crippen molar-refractivity contribution in [2.75, 3.05) is 0 Å². The van der Waals surface area contributed by atoms with E-state index in [1.807, 2.05) is 48.7 Å². The van der Waals surface area contributed by atoms with Gasteiger partial charge in [-0.2, -0.15) is 0 Å². The lowest BCUT2D eigenvalue weighted by atomic mass is 10.1. The van der Waals surface area contributed by atoms with Crippen LogP contribution in [-0.2, 0) is 13.0 Å². The van der Waals surface area contributed by atoms with E-state index in [2.05, 4.69) is 4.98 Å². The maximum absolute atomic E-state index is 14.0. The van der Waals surface area contributed by atoms with Gasteiger partial charge in [0.2, 0.25) is 0 Å². The van der Waals surface area contributed by atoms with Crippen LogP contribution in [0.5, 0.6) is 5.75 Å². The summed E-state index contributed by atoms with van der Waals surface area (Å²) in [6, 6.07) is 16.1. The van der Waals surface area contributed by atoms with Gasteiger partial charge in [0.25, 0.3) is 5.56 Å². The smallest absolute Gasteiger partial charge is 0.261 e. The molecule has 0 aliphatic rings. The number of benzene rings is 2. The van der Waals surface area contributed by atoms with Crippen molar-refractivity contribution < 1.29 is 9.50 Å². The summed E-state index contributed by atoms with van der Waals surface area (Å²) in [6.45, 7) is 4.12. The number of halogens is 1. The van der Waals surface area contributed by atoms with Crippen LogP contribution in [0.1, 0.15) is 16.1 Å². The van der Waals surface area contributed by atoms with E-state index in [4.69, 9.17) is 0 Å². The Kier molecular flexibility index (Phi) is 5.50. The molecule has 6 heteroatoms. The molecule has 1 N–H and O–H groups in total. The summed E-state index contributed by atoms with van der Waals surface area (Å²) in [4.78, 5) is 19.3. The van der Waals surface area contributed by atoms with Gasteiger partial charge in [0, 0.05) is 11.4 Å². The number of phenolic OH excluding ortho intramolecular Hbond substituents is 1. The van der Waals surface area contributed by atoms with Crippen molar-refractivity contribution in [1.82, 2.24) is 9.55 Å². The number of hydrogen-bond donors (Lipinski definition) is 1. The number of rotatable bonds is 5. The standard InChI is InChI=1S/C24H21FN2O2S/c1-15-13-18(14-30-15)21-16(2)26-23(19-9-6-10-20(25)22(19)28)27(24(21)29)12-11-17-7-4-3-5-8-17/h3-10,13-14,28H,11-12H2,1-2H3. The summed E-state index contributed by atoms with van der Waals surface area (Å²) in [6.07, 6.45) is 0.608. The number of aromatic nitrogens is 2. The van der Waals surface area contributed by atoms with Crippen molar-refractivity contribution >= 4 is 11.3 Å². The number of para-hydroxylation sites is 1. The molecule has 0 radical (unpaired) electrons. The molecule has 2 heterocycles. The molecule has 2 aromatic carbocycles. The van der Waals surface area contributed by atoms with Gasteiger partial charge in [0.15, 0.2) is 11.6 Å². The van der Waals surface area contributed by atoms with Gasteiger partial charge >= 0.3 is 0 Å². The van der Waals surface area contributed by atoms with Crippen molar-refractivity contribution in [3.05, 3.63) is 92.3 Å². The summed E-state index contributed by atoms with van der Waals surface area (Å²) >= 11 is 1.57. The lowest BCUT2D eigenvalue weighted by molar-refractivity contribution is 0.433. The van der Waals surface area contributed by atoms with Crippen molar-refractivity contribution in [2.45, 2.75) is 26.8 Å². The van der Waals surface area contributed by atoms with Crippen LogP contribution in [0.25, 0.3) is 22.5 Å². The second kappa shape index (κ2) is 8.24. The number of hydrogen-bond acceptors (Lipinski definition) is 4. The highest BCUT2D eigenvalue weighted by Crippen LogP contribution is 2.32. The molecule has 0 unspecified atom stereocenters. The lowest BCUT2D eigenvalue weighted by Gasteiger charge is -2.17. The van der Waals surface area contributed by atoms with Crippen LogP contribution in [0, 0.1) is 19.7 Å². The Morgan fingerprint density at radius 2 is 1.87 bits per heavy atom. The van der Waals surface area contributed by atoms with Crippen molar-refractivity contribution in [1.29, 1.82) is 0 Å². The first-order valence-electron chi connectivity index (χ1n) is 9.64. The molecule has 4 nitrogen and oxygen atoms in total. The van der Waals surface area contributed by atoms with E-state index in [9.17, 15) is 14.3 Å². The molecule has 0 bridgehead atoms. The Bertz CT molecular complexity index is 1260. The van der Waals surface area contributed by atoms with Gasteiger partial charge in [0.1, 0.15) is 5.82 Å². The topological polar surface area (TPSA) is 55.1 Å². The minimum Gasteiger partial charge on any atom is -0.504 e. The third-order valence-electron chi connectivity index (χ3n) is 5.06. The Morgan fingerprint density at radius 3 is 2.57 bits per heavy atom. The Morgan fingerprint density at radius 1 is 1.10 bits per heavy atom. The summed E-state index contributed by atoms with van der Waals surface area (Å²) in [5, 5.41) is 12.2. The molecular weight excluding hydrogens is 399 g/mol. The average molecular weight is 421 g/mol. The van der Waals surface area contributed by atoms with Gasteiger partial charge in [-0.05, 0) is 55.0 Å². The molecule has 0 saturated carbocycles. The third-order valence-corrected chi connectivity index (χ3v) is 5.93. The molecule has 0 fully saturated rings. The molecule has 0 atom stereocenters. The number of nitrogens with zero attached hydrogens (tertiary/aromatic N) is 2. The highest BCUT2D eigenvalue weighted by atomic mass is 32.1. The van der Waals surface area contributed by atoms with Gasteiger partial charge in [-0.3, -0.25) is 9.36 Å². The van der Waals surface area contributed by atoms with Crippen molar-refractivity contribution in [3.8, 4) is 28.3 Å². The maximum Gasteiger partial charge on any atom is 0.261 e. The Hall–Kier alpha value is -3.25. The monoisotopic (exact) mass is 420 g/mol. The molecule has 152 valence electrons. The van der Waals surface area contributed by atoms with Crippen LogP contribution in [0.15, 0.2) is 64.8 Å². The average Bonchev–Trinajstić information content (AvgIpc) is 3.15. The quantitative estimate of drug-likeness (QED) is 0.474. The van der Waals surface area contributed by atoms with Crippen molar-refractivity contribution in [3.63, 3.8) is 0 Å². The molecule has 0 saturated heterocycles. The molecule has 4 aromatic rings. The zero-order valence-corrected chi connectivity index (χ0v) is 17.5. The summed E-state index contributed by atoms with van der Waals surface area (Å²) < 4.78 is 15.6. The number of aryl methyl sites for hydroxylation is 3. The van der Waals surface area contributed by atoms with E-state index in [0.29, 0.717) is 24.2 Å². The molecular formula is C24H21FN2O2S. The first kappa shape index (κ1) is 20.0. The predicted octanol–water partition coefficient (Wildman–Crippen LogP) is 5.34. The van der Waals surface area contributed by atoms with Crippen LogP contribution < -0.4 is 5.56 Å². The minimum absolute atomic E-state index is 0.199. The Labute approximate surface area is 177 Å². The summed E-state index contributed by atoms with van der Waals surface area (Å²) in [5.41, 5.74) is 2.99. The van der Waals surface area contributed by atoms with Crippen LogP contribution in [0.4, 0.5) is 4.39 Å². The zero-order valence-electron chi connectivity index (χ0n) is 16.7. The first-order valence-corrected chi connectivity index (χ1v) is 10.5. The van der Waals surface area contributed by atoms with E-state index in [-0.39, 0.29) is 16.9 Å². The van der Waals surface area contributed by atoms with Gasteiger partial charge < -0.3 is 5.11 Å². The van der Waals surface area contributed by atoms with Gasteiger partial charge in [-0.1, -0.05) is 36.4 Å². The van der Waals surface area contributed by atoms with Crippen LogP contribution >= 0.6 is 11.3 Å². The highest BCUT2D eigenvalue weighted by Gasteiger charge is 2.20. The van der Waals surface area contributed by atoms with E-state index < -0.39 is 11.6 Å². The fourth-order valence-electron chi connectivity index (χ4n) is 3.56. The molecule has 4 rings (SSSR count). The fraction of sp³-hybridized carbons (Fsp3) is 0.167. The molecule has 30 heavy (non-hydrogen) atoms. The molecule has 2 aromatic heterocycles. The van der Waals surface area contributed by atoms with E-state index in [1.165, 1.54) is 16.7 Å². The SMILES string of the molecule is Cc1cc(-c2c(C)nc(-c3cccc(F)c3O)n(CCc3ccccc3)c2=O)cs1. The highest BCUT2D eigenvalue weighted by molar-refractivity contribution is 7.10. The van der Waals surface area contributed by atoms with Gasteiger partial charge in [-0.15, -0.1) is 11.3 Å². The molecule has 0 amide bonds. The third kappa shape index (κ3) is 3.78. The van der Waals surface area contributed by atoms with Crippen LogP contribution in [0.3, 0.4) is 0 Å². The number of aromatic hydroxyl groups is 1. The maximum atomic E-state index is 14.0. The second-order valence-electron chi connectivity index (χ2n) is 7.17. The van der Waals surface area contributed by atoms with Crippen LogP contribution in [-0.4, -0.2) is 14.7 Å². The van der Waals surface area contributed by atoms with Gasteiger partial charge in [-0.25, -0.2) is 9.37 Å². The first-order chi connectivity index (χ1) is 14.5. The van der Waals surface area contributed by atoms with Crippen LogP contribution in [0.2, 0.25) is 0 Å². The normalized spacial score (nSPS) is 11.0. The zero-order chi connectivity index (χ0) is 21.3. The lowest BCUT2D eigenvalue weighted by Crippen LogP contribution is -2.27. The Balaban J connectivity index is 1.90. The number of thiophene rings is 1. The minimum atomic E-state index is -0.744. The molecule has 0 aliphatic carbocycles. The largest absolute Gasteiger partial charge is 0.504 e. The molecule has 0 aliphatic heterocycles. The van der Waals surface area contributed by atoms with E-state index in [1.54, 1.807) is 24.3 Å². The predicted molar refractivity (Wildman–Crippen MR) is 118 cm³/mol. The van der Waals surface area contributed by atoms with Gasteiger partial charge in [0.05, 0.1) is 16.8 Å². The fourth-order valence-corrected chi connectivity index (χ4v) is 4.26. The molecule has 0 spiro atoms.